The van der Waals surface area contributed by atoms with Crippen molar-refractivity contribution in [3.8, 4) is 0 Å². The molecule has 0 saturated carbocycles. The zero-order valence-electron chi connectivity index (χ0n) is 11.4. The number of benzene rings is 1. The zero-order chi connectivity index (χ0) is 15.1. The lowest BCUT2D eigenvalue weighted by atomic mass is 10.0. The highest BCUT2D eigenvalue weighted by atomic mass is 32.1. The Bertz CT molecular complexity index is 576. The molecule has 0 aromatic heterocycles. The van der Waals surface area contributed by atoms with Gasteiger partial charge in [0, 0.05) is 11.4 Å². The number of hydrogen-bond acceptors (Lipinski definition) is 1. The Hall–Kier alpha value is -1.56. The summed E-state index contributed by atoms with van der Waals surface area (Å²) in [5, 5.41) is 3.49. The Balaban J connectivity index is 2.44. The van der Waals surface area contributed by atoms with Crippen LogP contribution in [0.3, 0.4) is 0 Å². The van der Waals surface area contributed by atoms with Crippen LogP contribution in [0.1, 0.15) is 26.3 Å². The number of hydrogen-bond donors (Lipinski definition) is 1. The van der Waals surface area contributed by atoms with Crippen LogP contribution in [0.15, 0.2) is 36.0 Å². The van der Waals surface area contributed by atoms with Gasteiger partial charge in [0.1, 0.15) is 0 Å². The van der Waals surface area contributed by atoms with Crippen molar-refractivity contribution < 1.29 is 13.2 Å². The molecule has 0 saturated heterocycles. The highest BCUT2D eigenvalue weighted by Gasteiger charge is 2.32. The van der Waals surface area contributed by atoms with E-state index in [4.69, 9.17) is 12.2 Å². The van der Waals surface area contributed by atoms with Gasteiger partial charge in [-0.2, -0.15) is 13.2 Å². The molecule has 20 heavy (non-hydrogen) atoms. The standard InChI is InChI=1S/C14H15F3N2S/c1-9-8-13(2,3)18-12(20)19(9)11-6-4-5-10(7-11)14(15,16)17/h4-8H,1-3H3,(H,18,20). The largest absolute Gasteiger partial charge is 0.416 e. The second-order valence-corrected chi connectivity index (χ2v) is 5.71. The normalized spacial score (nSPS) is 18.6. The summed E-state index contributed by atoms with van der Waals surface area (Å²) in [7, 11) is 0. The smallest absolute Gasteiger partial charge is 0.354 e. The van der Waals surface area contributed by atoms with Gasteiger partial charge in [0.15, 0.2) is 5.11 Å². The molecule has 1 heterocycles. The Labute approximate surface area is 121 Å². The summed E-state index contributed by atoms with van der Waals surface area (Å²) in [5.74, 6) is 0. The van der Waals surface area contributed by atoms with Crippen LogP contribution in [-0.4, -0.2) is 10.7 Å². The van der Waals surface area contributed by atoms with Crippen LogP contribution in [0.5, 0.6) is 0 Å². The van der Waals surface area contributed by atoms with E-state index in [0.29, 0.717) is 10.8 Å². The SMILES string of the molecule is CC1=CC(C)(C)NC(=S)N1c1cccc(C(F)(F)F)c1. The maximum atomic E-state index is 12.8. The van der Waals surface area contributed by atoms with Gasteiger partial charge in [-0.15, -0.1) is 0 Å². The van der Waals surface area contributed by atoms with Gasteiger partial charge in [-0.3, -0.25) is 4.90 Å². The minimum Gasteiger partial charge on any atom is -0.354 e. The van der Waals surface area contributed by atoms with Crippen molar-refractivity contribution in [2.45, 2.75) is 32.5 Å². The second-order valence-electron chi connectivity index (χ2n) is 5.32. The maximum Gasteiger partial charge on any atom is 0.416 e. The Kier molecular flexibility index (Phi) is 3.54. The van der Waals surface area contributed by atoms with Crippen molar-refractivity contribution in [1.29, 1.82) is 0 Å². The molecule has 1 aliphatic rings. The van der Waals surface area contributed by atoms with E-state index in [9.17, 15) is 13.2 Å². The number of halogens is 3. The van der Waals surface area contributed by atoms with Gasteiger partial charge in [0.25, 0.3) is 0 Å². The number of allylic oxidation sites excluding steroid dienone is 1. The van der Waals surface area contributed by atoms with E-state index >= 15 is 0 Å². The Morgan fingerprint density at radius 3 is 2.45 bits per heavy atom. The molecule has 1 aromatic rings. The molecular formula is C14H15F3N2S. The average Bonchev–Trinajstić information content (AvgIpc) is 2.25. The number of anilines is 1. The molecule has 0 atom stereocenters. The second kappa shape index (κ2) is 4.77. The lowest BCUT2D eigenvalue weighted by Crippen LogP contribution is -2.53. The molecule has 1 N–H and O–H groups in total. The average molecular weight is 300 g/mol. The van der Waals surface area contributed by atoms with Crippen LogP contribution >= 0.6 is 12.2 Å². The molecule has 0 spiro atoms. The quantitative estimate of drug-likeness (QED) is 0.787. The fourth-order valence-electron chi connectivity index (χ4n) is 2.26. The minimum absolute atomic E-state index is 0.306. The lowest BCUT2D eigenvalue weighted by Gasteiger charge is -2.38. The monoisotopic (exact) mass is 300 g/mol. The molecule has 0 bridgehead atoms. The number of alkyl halides is 3. The van der Waals surface area contributed by atoms with Gasteiger partial charge in [0.2, 0.25) is 0 Å². The molecule has 2 rings (SSSR count). The van der Waals surface area contributed by atoms with Crippen LogP contribution in [0, 0.1) is 0 Å². The summed E-state index contributed by atoms with van der Waals surface area (Å²) in [5.41, 5.74) is 0.217. The molecule has 6 heteroatoms. The van der Waals surface area contributed by atoms with Crippen LogP contribution in [-0.2, 0) is 6.18 Å². The van der Waals surface area contributed by atoms with Crippen LogP contribution in [0.25, 0.3) is 0 Å². The summed E-state index contributed by atoms with van der Waals surface area (Å²) < 4.78 is 38.3. The molecule has 0 amide bonds. The van der Waals surface area contributed by atoms with E-state index in [1.807, 2.05) is 26.8 Å². The number of nitrogens with one attached hydrogen (secondary N) is 1. The first-order chi connectivity index (χ1) is 9.10. The Morgan fingerprint density at radius 2 is 1.90 bits per heavy atom. The summed E-state index contributed by atoms with van der Waals surface area (Å²) in [6, 6.07) is 5.14. The van der Waals surface area contributed by atoms with Gasteiger partial charge < -0.3 is 5.32 Å². The van der Waals surface area contributed by atoms with E-state index in [1.165, 1.54) is 6.07 Å². The number of thiocarbonyl (C=S) groups is 1. The third-order valence-electron chi connectivity index (χ3n) is 2.99. The fraction of sp³-hybridized carbons (Fsp3) is 0.357. The van der Waals surface area contributed by atoms with Crippen LogP contribution in [0.2, 0.25) is 0 Å². The van der Waals surface area contributed by atoms with Gasteiger partial charge in [0.05, 0.1) is 11.1 Å². The molecule has 0 unspecified atom stereocenters. The summed E-state index contributed by atoms with van der Waals surface area (Å²) in [6.45, 7) is 5.73. The molecule has 0 radical (unpaired) electrons. The van der Waals surface area contributed by atoms with Crippen molar-refractivity contribution in [2.75, 3.05) is 4.90 Å². The molecule has 0 aliphatic carbocycles. The molecule has 108 valence electrons. The predicted molar refractivity (Wildman–Crippen MR) is 77.5 cm³/mol. The number of rotatable bonds is 1. The van der Waals surface area contributed by atoms with E-state index in [1.54, 1.807) is 11.0 Å². The minimum atomic E-state index is -4.36. The summed E-state index contributed by atoms with van der Waals surface area (Å²) in [6.07, 6.45) is -2.43. The van der Waals surface area contributed by atoms with Gasteiger partial charge in [-0.1, -0.05) is 6.07 Å². The first-order valence-corrected chi connectivity index (χ1v) is 6.50. The van der Waals surface area contributed by atoms with E-state index in [0.717, 1.165) is 17.8 Å². The highest BCUT2D eigenvalue weighted by Crippen LogP contribution is 2.33. The van der Waals surface area contributed by atoms with Gasteiger partial charge >= 0.3 is 6.18 Å². The molecule has 1 aliphatic heterocycles. The first-order valence-electron chi connectivity index (χ1n) is 6.09. The van der Waals surface area contributed by atoms with Gasteiger partial charge in [-0.05, 0) is 57.3 Å². The molecular weight excluding hydrogens is 285 g/mol. The van der Waals surface area contributed by atoms with Crippen molar-refractivity contribution in [1.82, 2.24) is 5.32 Å². The lowest BCUT2D eigenvalue weighted by molar-refractivity contribution is -0.137. The van der Waals surface area contributed by atoms with E-state index < -0.39 is 11.7 Å². The molecule has 2 nitrogen and oxygen atoms in total. The maximum absolute atomic E-state index is 12.8. The van der Waals surface area contributed by atoms with Crippen LogP contribution < -0.4 is 10.2 Å². The highest BCUT2D eigenvalue weighted by molar-refractivity contribution is 7.80. The van der Waals surface area contributed by atoms with Crippen molar-refractivity contribution >= 4 is 23.0 Å². The predicted octanol–water partition coefficient (Wildman–Crippen LogP) is 4.08. The van der Waals surface area contributed by atoms with Gasteiger partial charge in [-0.25, -0.2) is 0 Å². The fourth-order valence-corrected chi connectivity index (χ4v) is 2.77. The first kappa shape index (κ1) is 14.8. The third kappa shape index (κ3) is 2.95. The van der Waals surface area contributed by atoms with Crippen molar-refractivity contribution in [2.24, 2.45) is 0 Å². The van der Waals surface area contributed by atoms with Crippen molar-refractivity contribution in [3.05, 3.63) is 41.6 Å². The van der Waals surface area contributed by atoms with Crippen molar-refractivity contribution in [3.63, 3.8) is 0 Å². The molecule has 0 fully saturated rings. The molecule has 1 aromatic carbocycles. The zero-order valence-corrected chi connectivity index (χ0v) is 12.2. The summed E-state index contributed by atoms with van der Waals surface area (Å²) in [4.78, 5) is 1.61. The third-order valence-corrected chi connectivity index (χ3v) is 3.27. The van der Waals surface area contributed by atoms with E-state index in [2.05, 4.69) is 5.32 Å². The number of nitrogens with zero attached hydrogens (tertiary/aromatic N) is 1. The topological polar surface area (TPSA) is 15.3 Å². The van der Waals surface area contributed by atoms with E-state index in [-0.39, 0.29) is 5.54 Å². The van der Waals surface area contributed by atoms with Crippen LogP contribution in [0.4, 0.5) is 18.9 Å². The summed E-state index contributed by atoms with van der Waals surface area (Å²) >= 11 is 5.26. The Morgan fingerprint density at radius 1 is 1.25 bits per heavy atom.